The molecule has 1 aromatic carbocycles. The number of carboxylic acid groups (broad SMARTS) is 1. The van der Waals surface area contributed by atoms with Gasteiger partial charge in [0.05, 0.1) is 5.41 Å². The summed E-state index contributed by atoms with van der Waals surface area (Å²) in [6, 6.07) is 5.31. The Labute approximate surface area is 183 Å². The molecule has 1 saturated heterocycles. The van der Waals surface area contributed by atoms with Gasteiger partial charge in [0.25, 0.3) is 0 Å². The molecule has 1 aliphatic heterocycles. The summed E-state index contributed by atoms with van der Waals surface area (Å²) in [5.41, 5.74) is 0.654. The van der Waals surface area contributed by atoms with E-state index in [0.29, 0.717) is 37.5 Å². The van der Waals surface area contributed by atoms with Crippen LogP contribution in [0.1, 0.15) is 43.7 Å². The third-order valence-electron chi connectivity index (χ3n) is 6.22. The summed E-state index contributed by atoms with van der Waals surface area (Å²) >= 11 is 6.19. The molecule has 1 saturated carbocycles. The number of benzene rings is 1. The number of piperazine rings is 1. The van der Waals surface area contributed by atoms with Crippen molar-refractivity contribution in [1.82, 2.24) is 9.80 Å². The summed E-state index contributed by atoms with van der Waals surface area (Å²) in [6.07, 6.45) is -4.92. The van der Waals surface area contributed by atoms with Gasteiger partial charge in [-0.2, -0.15) is 13.2 Å². The lowest BCUT2D eigenvalue weighted by Gasteiger charge is -2.36. The van der Waals surface area contributed by atoms with E-state index < -0.39 is 29.8 Å². The van der Waals surface area contributed by atoms with Crippen LogP contribution in [0.5, 0.6) is 0 Å². The summed E-state index contributed by atoms with van der Waals surface area (Å²) in [7, 11) is 0. The number of hydrogen-bond donors (Lipinski definition) is 1. The second-order valence-electron chi connectivity index (χ2n) is 8.23. The molecule has 1 unspecified atom stereocenters. The fourth-order valence-corrected chi connectivity index (χ4v) is 4.50. The molecule has 1 amide bonds. The van der Waals surface area contributed by atoms with Crippen molar-refractivity contribution in [2.75, 3.05) is 26.2 Å². The van der Waals surface area contributed by atoms with Gasteiger partial charge in [-0.3, -0.25) is 9.69 Å². The molecular weight excluding hydrogens is 437 g/mol. The van der Waals surface area contributed by atoms with Crippen molar-refractivity contribution in [2.24, 2.45) is 0 Å². The summed E-state index contributed by atoms with van der Waals surface area (Å²) in [5, 5.41) is 10.5. The van der Waals surface area contributed by atoms with Crippen LogP contribution in [-0.2, 0) is 21.5 Å². The maximum absolute atomic E-state index is 12.6. The molecule has 3 rings (SSSR count). The minimum atomic E-state index is -4.59. The van der Waals surface area contributed by atoms with E-state index in [2.05, 4.69) is 4.74 Å². The highest BCUT2D eigenvalue weighted by Gasteiger charge is 2.44. The lowest BCUT2D eigenvalue weighted by atomic mass is 9.76. The summed E-state index contributed by atoms with van der Waals surface area (Å²) in [6.45, 7) is 2.63. The predicted octanol–water partition coefficient (Wildman–Crippen LogP) is 4.44. The van der Waals surface area contributed by atoms with Crippen molar-refractivity contribution in [2.45, 2.75) is 56.8 Å². The van der Waals surface area contributed by atoms with Gasteiger partial charge in [0.15, 0.2) is 6.10 Å². The lowest BCUT2D eigenvalue weighted by Crippen LogP contribution is -2.50. The number of carboxylic acids is 1. The van der Waals surface area contributed by atoms with Gasteiger partial charge in [0, 0.05) is 37.7 Å². The summed E-state index contributed by atoms with van der Waals surface area (Å²) in [5.74, 6) is -0.847. The normalized spacial score (nSPS) is 20.5. The second kappa shape index (κ2) is 9.24. The molecule has 1 heterocycles. The van der Waals surface area contributed by atoms with Gasteiger partial charge in [-0.15, -0.1) is 0 Å². The van der Waals surface area contributed by atoms with Crippen LogP contribution in [0.15, 0.2) is 18.2 Å². The van der Waals surface area contributed by atoms with Crippen LogP contribution in [0.4, 0.5) is 18.0 Å². The molecular formula is C21H26ClF3N2O4. The zero-order valence-electron chi connectivity index (χ0n) is 17.3. The van der Waals surface area contributed by atoms with E-state index in [1.165, 1.54) is 4.90 Å². The average molecular weight is 463 g/mol. The van der Waals surface area contributed by atoms with E-state index in [4.69, 9.17) is 11.6 Å². The molecule has 0 spiro atoms. The fourth-order valence-electron chi connectivity index (χ4n) is 4.33. The Balaban J connectivity index is 1.66. The number of amides is 1. The Morgan fingerprint density at radius 2 is 1.81 bits per heavy atom. The molecule has 172 valence electrons. The van der Waals surface area contributed by atoms with Gasteiger partial charge in [0.2, 0.25) is 0 Å². The third kappa shape index (κ3) is 5.26. The fraction of sp³-hybridized carbons (Fsp3) is 0.619. The molecule has 0 bridgehead atoms. The minimum absolute atomic E-state index is 0.233. The highest BCUT2D eigenvalue weighted by Crippen LogP contribution is 2.44. The number of aliphatic carboxylic acids is 1. The average Bonchev–Trinajstić information content (AvgIpc) is 3.20. The van der Waals surface area contributed by atoms with Gasteiger partial charge in [0.1, 0.15) is 0 Å². The standard InChI is InChI=1S/C21H26ClF3N2O4/c1-14(21(23,24)25)31-19(30)27-10-8-26(9-11-27)13-15-4-5-16(22)12-17(15)20(18(28)29)6-2-3-7-20/h4-5,12,14H,2-3,6-11,13H2,1H3,(H,28,29). The van der Waals surface area contributed by atoms with Crippen molar-refractivity contribution >= 4 is 23.7 Å². The summed E-state index contributed by atoms with van der Waals surface area (Å²) < 4.78 is 42.3. The van der Waals surface area contributed by atoms with Gasteiger partial charge in [-0.05, 0) is 43.0 Å². The number of carbonyl (C=O) groups is 2. The molecule has 2 fully saturated rings. The third-order valence-corrected chi connectivity index (χ3v) is 6.45. The number of rotatable bonds is 5. The van der Waals surface area contributed by atoms with Crippen molar-refractivity contribution in [3.05, 3.63) is 34.3 Å². The van der Waals surface area contributed by atoms with Gasteiger partial charge in [-0.1, -0.05) is 30.5 Å². The number of nitrogens with zero attached hydrogens (tertiary/aromatic N) is 2. The Morgan fingerprint density at radius 3 is 2.35 bits per heavy atom. The van der Waals surface area contributed by atoms with Crippen molar-refractivity contribution in [1.29, 1.82) is 0 Å². The maximum atomic E-state index is 12.6. The molecule has 2 aliphatic rings. The SMILES string of the molecule is CC(OC(=O)N1CCN(Cc2ccc(Cl)cc2C2(C(=O)O)CCCC2)CC1)C(F)(F)F. The molecule has 1 aliphatic carbocycles. The van der Waals surface area contributed by atoms with E-state index in [1.54, 1.807) is 12.1 Å². The van der Waals surface area contributed by atoms with Crippen molar-refractivity contribution < 1.29 is 32.6 Å². The maximum Gasteiger partial charge on any atom is 0.425 e. The Kier molecular flexibility index (Phi) is 7.05. The monoisotopic (exact) mass is 462 g/mol. The Hall–Kier alpha value is -2.00. The van der Waals surface area contributed by atoms with E-state index in [0.717, 1.165) is 30.9 Å². The minimum Gasteiger partial charge on any atom is -0.481 e. The van der Waals surface area contributed by atoms with E-state index in [9.17, 15) is 27.9 Å². The van der Waals surface area contributed by atoms with E-state index in [1.807, 2.05) is 11.0 Å². The lowest BCUT2D eigenvalue weighted by molar-refractivity contribution is -0.200. The van der Waals surface area contributed by atoms with Crippen molar-refractivity contribution in [3.63, 3.8) is 0 Å². The number of carbonyl (C=O) groups excluding carboxylic acids is 1. The Bertz CT molecular complexity index is 819. The number of hydrogen-bond acceptors (Lipinski definition) is 4. The van der Waals surface area contributed by atoms with Crippen LogP contribution in [0, 0.1) is 0 Å². The first-order valence-corrected chi connectivity index (χ1v) is 10.7. The first-order chi connectivity index (χ1) is 14.5. The molecule has 1 aromatic rings. The number of halogens is 4. The first kappa shape index (κ1) is 23.7. The molecule has 0 aromatic heterocycles. The molecule has 1 N–H and O–H groups in total. The zero-order valence-corrected chi connectivity index (χ0v) is 18.0. The number of ether oxygens (including phenoxy) is 1. The molecule has 6 nitrogen and oxygen atoms in total. The highest BCUT2D eigenvalue weighted by molar-refractivity contribution is 6.30. The zero-order chi connectivity index (χ0) is 22.8. The summed E-state index contributed by atoms with van der Waals surface area (Å²) in [4.78, 5) is 27.5. The highest BCUT2D eigenvalue weighted by atomic mass is 35.5. The van der Waals surface area contributed by atoms with Gasteiger partial charge >= 0.3 is 18.2 Å². The first-order valence-electron chi connectivity index (χ1n) is 10.3. The van der Waals surface area contributed by atoms with Crippen LogP contribution in [0.2, 0.25) is 5.02 Å². The van der Waals surface area contributed by atoms with Gasteiger partial charge in [-0.25, -0.2) is 4.79 Å². The van der Waals surface area contributed by atoms with Crippen LogP contribution in [0.3, 0.4) is 0 Å². The predicted molar refractivity (Wildman–Crippen MR) is 108 cm³/mol. The van der Waals surface area contributed by atoms with Crippen LogP contribution in [0.25, 0.3) is 0 Å². The molecule has 10 heteroatoms. The Morgan fingerprint density at radius 1 is 1.19 bits per heavy atom. The second-order valence-corrected chi connectivity index (χ2v) is 8.66. The largest absolute Gasteiger partial charge is 0.481 e. The molecule has 0 radical (unpaired) electrons. The van der Waals surface area contributed by atoms with Crippen LogP contribution >= 0.6 is 11.6 Å². The van der Waals surface area contributed by atoms with Crippen LogP contribution in [-0.4, -0.2) is 65.4 Å². The van der Waals surface area contributed by atoms with Gasteiger partial charge < -0.3 is 14.7 Å². The van der Waals surface area contributed by atoms with Crippen molar-refractivity contribution in [3.8, 4) is 0 Å². The number of alkyl halides is 3. The quantitative estimate of drug-likeness (QED) is 0.700. The smallest absolute Gasteiger partial charge is 0.425 e. The van der Waals surface area contributed by atoms with E-state index >= 15 is 0 Å². The van der Waals surface area contributed by atoms with Crippen LogP contribution < -0.4 is 0 Å². The molecule has 31 heavy (non-hydrogen) atoms. The topological polar surface area (TPSA) is 70.1 Å². The molecule has 1 atom stereocenters. The van der Waals surface area contributed by atoms with E-state index in [-0.39, 0.29) is 13.1 Å².